The van der Waals surface area contributed by atoms with Crippen LogP contribution in [0.2, 0.25) is 0 Å². The normalized spacial score (nSPS) is 18.1. The van der Waals surface area contributed by atoms with Gasteiger partial charge in [0.25, 0.3) is 0 Å². The van der Waals surface area contributed by atoms with Gasteiger partial charge >= 0.3 is 5.97 Å². The smallest absolute Gasteiger partial charge is 0.336 e. The van der Waals surface area contributed by atoms with Crippen molar-refractivity contribution >= 4 is 5.97 Å². The van der Waals surface area contributed by atoms with E-state index in [1.54, 1.807) is 24.3 Å². The Morgan fingerprint density at radius 2 is 2.16 bits per heavy atom. The Bertz CT molecular complexity index is 635. The molecule has 1 unspecified atom stereocenters. The lowest BCUT2D eigenvalue weighted by Gasteiger charge is -2.22. The number of rotatable bonds is 2. The summed E-state index contributed by atoms with van der Waals surface area (Å²) in [6.45, 7) is 0. The van der Waals surface area contributed by atoms with Gasteiger partial charge in [0.2, 0.25) is 0 Å². The fourth-order valence-corrected chi connectivity index (χ4v) is 2.49. The van der Waals surface area contributed by atoms with Gasteiger partial charge in [0.05, 0.1) is 11.7 Å². The lowest BCUT2D eigenvalue weighted by molar-refractivity contribution is 0.0697. The molecule has 2 aromatic rings. The minimum absolute atomic E-state index is 0.185. The maximum atomic E-state index is 11.3. The Kier molecular flexibility index (Phi) is 2.79. The summed E-state index contributed by atoms with van der Waals surface area (Å²) in [5.74, 6) is 0.395. The molecule has 3 rings (SSSR count). The molecule has 0 bridgehead atoms. The van der Waals surface area contributed by atoms with Gasteiger partial charge in [-0.2, -0.15) is 0 Å². The van der Waals surface area contributed by atoms with Crippen LogP contribution in [-0.4, -0.2) is 25.8 Å². The molecule has 2 heterocycles. The van der Waals surface area contributed by atoms with Crippen LogP contribution in [0.15, 0.2) is 24.3 Å². The van der Waals surface area contributed by atoms with Crippen molar-refractivity contribution in [2.75, 3.05) is 0 Å². The van der Waals surface area contributed by atoms with Gasteiger partial charge in [0.1, 0.15) is 5.82 Å². The van der Waals surface area contributed by atoms with Gasteiger partial charge in [0.15, 0.2) is 5.82 Å². The number of aryl methyl sites for hydroxylation is 1. The van der Waals surface area contributed by atoms with Crippen LogP contribution in [0.25, 0.3) is 11.4 Å². The Morgan fingerprint density at radius 1 is 1.37 bits per heavy atom. The third-order valence-electron chi connectivity index (χ3n) is 3.40. The Hall–Kier alpha value is -2.21. The van der Waals surface area contributed by atoms with Gasteiger partial charge in [-0.1, -0.05) is 18.2 Å². The number of benzene rings is 1. The Balaban J connectivity index is 2.18. The van der Waals surface area contributed by atoms with E-state index >= 15 is 0 Å². The first-order valence-corrected chi connectivity index (χ1v) is 6.20. The summed E-state index contributed by atoms with van der Waals surface area (Å²) in [6.07, 6.45) is 2.49. The number of aromatic carboxylic acids is 1. The molecule has 1 aromatic heterocycles. The van der Waals surface area contributed by atoms with Gasteiger partial charge < -0.3 is 10.8 Å². The molecule has 0 saturated carbocycles. The lowest BCUT2D eigenvalue weighted by Crippen LogP contribution is -2.25. The quantitative estimate of drug-likeness (QED) is 0.850. The number of nitrogens with two attached hydrogens (primary N) is 1. The first-order chi connectivity index (χ1) is 9.18. The highest BCUT2D eigenvalue weighted by atomic mass is 16.4. The third kappa shape index (κ3) is 1.90. The highest BCUT2D eigenvalue weighted by Gasteiger charge is 2.24. The fourth-order valence-electron chi connectivity index (χ4n) is 2.49. The van der Waals surface area contributed by atoms with E-state index in [1.807, 2.05) is 4.57 Å². The molecule has 0 fully saturated rings. The van der Waals surface area contributed by atoms with Crippen molar-refractivity contribution in [2.45, 2.75) is 25.4 Å². The molecule has 1 aliphatic rings. The summed E-state index contributed by atoms with van der Waals surface area (Å²) in [5, 5.41) is 17.5. The lowest BCUT2D eigenvalue weighted by atomic mass is 10.1. The molecular weight excluding hydrogens is 244 g/mol. The van der Waals surface area contributed by atoms with Gasteiger partial charge in [-0.15, -0.1) is 10.2 Å². The van der Waals surface area contributed by atoms with Crippen LogP contribution in [0.3, 0.4) is 0 Å². The van der Waals surface area contributed by atoms with Crippen LogP contribution in [0.5, 0.6) is 0 Å². The van der Waals surface area contributed by atoms with Crippen LogP contribution >= 0.6 is 0 Å². The second-order valence-electron chi connectivity index (χ2n) is 4.62. The number of carboxylic acids is 1. The Labute approximate surface area is 109 Å². The van der Waals surface area contributed by atoms with Crippen LogP contribution in [0.4, 0.5) is 0 Å². The standard InChI is InChI=1S/C13H14N4O2/c14-10-6-3-7-11-15-16-12(17(10)11)8-4-1-2-5-9(8)13(18)19/h1-2,4-5,10H,3,6-7,14H2,(H,18,19). The van der Waals surface area contributed by atoms with E-state index < -0.39 is 5.97 Å². The SMILES string of the molecule is NC1CCCc2nnc(-c3ccccc3C(=O)O)n21. The summed E-state index contributed by atoms with van der Waals surface area (Å²) in [5.41, 5.74) is 6.87. The van der Waals surface area contributed by atoms with Gasteiger partial charge in [-0.25, -0.2) is 4.79 Å². The van der Waals surface area contributed by atoms with Crippen molar-refractivity contribution in [1.82, 2.24) is 14.8 Å². The molecule has 19 heavy (non-hydrogen) atoms. The number of nitrogens with zero attached hydrogens (tertiary/aromatic N) is 3. The molecule has 3 N–H and O–H groups in total. The number of fused-ring (bicyclic) bond motifs is 1. The van der Waals surface area contributed by atoms with E-state index in [2.05, 4.69) is 10.2 Å². The minimum atomic E-state index is -0.975. The molecule has 0 amide bonds. The van der Waals surface area contributed by atoms with E-state index in [4.69, 9.17) is 5.73 Å². The molecule has 0 spiro atoms. The molecular formula is C13H14N4O2. The second kappa shape index (κ2) is 4.47. The van der Waals surface area contributed by atoms with Crippen molar-refractivity contribution in [3.05, 3.63) is 35.7 Å². The van der Waals surface area contributed by atoms with Gasteiger partial charge in [0, 0.05) is 12.0 Å². The van der Waals surface area contributed by atoms with E-state index in [-0.39, 0.29) is 11.7 Å². The molecule has 0 aliphatic carbocycles. The largest absolute Gasteiger partial charge is 0.478 e. The zero-order chi connectivity index (χ0) is 13.4. The maximum absolute atomic E-state index is 11.3. The molecule has 0 radical (unpaired) electrons. The fraction of sp³-hybridized carbons (Fsp3) is 0.308. The van der Waals surface area contributed by atoms with Crippen molar-refractivity contribution in [3.8, 4) is 11.4 Å². The van der Waals surface area contributed by atoms with Crippen molar-refractivity contribution in [1.29, 1.82) is 0 Å². The van der Waals surface area contributed by atoms with Gasteiger partial charge in [-0.3, -0.25) is 4.57 Å². The van der Waals surface area contributed by atoms with Crippen LogP contribution in [0.1, 0.15) is 35.2 Å². The Morgan fingerprint density at radius 3 is 2.95 bits per heavy atom. The van der Waals surface area contributed by atoms with E-state index in [0.29, 0.717) is 11.4 Å². The van der Waals surface area contributed by atoms with Gasteiger partial charge in [-0.05, 0) is 18.9 Å². The van der Waals surface area contributed by atoms with Crippen LogP contribution < -0.4 is 5.73 Å². The molecule has 1 aliphatic heterocycles. The molecule has 1 aromatic carbocycles. The summed E-state index contributed by atoms with van der Waals surface area (Å²) >= 11 is 0. The summed E-state index contributed by atoms with van der Waals surface area (Å²) < 4.78 is 1.85. The maximum Gasteiger partial charge on any atom is 0.336 e. The van der Waals surface area contributed by atoms with E-state index in [0.717, 1.165) is 25.1 Å². The second-order valence-corrected chi connectivity index (χ2v) is 4.62. The predicted molar refractivity (Wildman–Crippen MR) is 68.6 cm³/mol. The van der Waals surface area contributed by atoms with Crippen molar-refractivity contribution < 1.29 is 9.90 Å². The average molecular weight is 258 g/mol. The summed E-state index contributed by atoms with van der Waals surface area (Å²) in [7, 11) is 0. The summed E-state index contributed by atoms with van der Waals surface area (Å²) in [4.78, 5) is 11.3. The van der Waals surface area contributed by atoms with E-state index in [1.165, 1.54) is 0 Å². The van der Waals surface area contributed by atoms with Crippen LogP contribution in [0, 0.1) is 0 Å². The summed E-state index contributed by atoms with van der Waals surface area (Å²) in [6, 6.07) is 6.79. The molecule has 98 valence electrons. The van der Waals surface area contributed by atoms with Crippen LogP contribution in [-0.2, 0) is 6.42 Å². The number of hydrogen-bond donors (Lipinski definition) is 2. The first kappa shape index (κ1) is 11.9. The molecule has 1 atom stereocenters. The number of carbonyl (C=O) groups is 1. The first-order valence-electron chi connectivity index (χ1n) is 6.20. The molecule has 0 saturated heterocycles. The monoisotopic (exact) mass is 258 g/mol. The minimum Gasteiger partial charge on any atom is -0.478 e. The predicted octanol–water partition coefficient (Wildman–Crippen LogP) is 1.44. The van der Waals surface area contributed by atoms with E-state index in [9.17, 15) is 9.90 Å². The zero-order valence-electron chi connectivity index (χ0n) is 10.3. The molecule has 6 nitrogen and oxygen atoms in total. The van der Waals surface area contributed by atoms with Crippen molar-refractivity contribution in [3.63, 3.8) is 0 Å². The third-order valence-corrected chi connectivity index (χ3v) is 3.40. The molecule has 6 heteroatoms. The number of hydrogen-bond acceptors (Lipinski definition) is 4. The highest BCUT2D eigenvalue weighted by Crippen LogP contribution is 2.29. The highest BCUT2D eigenvalue weighted by molar-refractivity contribution is 5.95. The average Bonchev–Trinajstić information content (AvgIpc) is 2.84. The zero-order valence-corrected chi connectivity index (χ0v) is 10.3. The van der Waals surface area contributed by atoms with Crippen molar-refractivity contribution in [2.24, 2.45) is 5.73 Å². The topological polar surface area (TPSA) is 94.0 Å². The number of aromatic nitrogens is 3. The number of carboxylic acid groups (broad SMARTS) is 1.